The van der Waals surface area contributed by atoms with Crippen LogP contribution in [0.4, 0.5) is 4.79 Å². The minimum absolute atomic E-state index is 0.106. The molecule has 0 fully saturated rings. The van der Waals surface area contributed by atoms with Crippen LogP contribution in [0.25, 0.3) is 0 Å². The Balaban J connectivity index is 2.82. The van der Waals surface area contributed by atoms with Gasteiger partial charge in [-0.05, 0) is 20.8 Å². The Bertz CT molecular complexity index is 436. The van der Waals surface area contributed by atoms with E-state index in [-0.39, 0.29) is 12.4 Å². The lowest BCUT2D eigenvalue weighted by Crippen LogP contribution is -2.29. The number of hydrogen-bond acceptors (Lipinski definition) is 6. The summed E-state index contributed by atoms with van der Waals surface area (Å²) in [7, 11) is 0. The van der Waals surface area contributed by atoms with E-state index in [1.807, 2.05) is 0 Å². The molecular formula is C11H16N2O4S. The van der Waals surface area contributed by atoms with Crippen molar-refractivity contribution in [3.05, 3.63) is 18.2 Å². The number of carbonyl (C=O) groups is 2. The Hall–Kier alpha value is -1.50. The van der Waals surface area contributed by atoms with Crippen molar-refractivity contribution in [2.75, 3.05) is 12.4 Å². The van der Waals surface area contributed by atoms with Gasteiger partial charge < -0.3 is 9.47 Å². The highest BCUT2D eigenvalue weighted by Gasteiger charge is 2.23. The average Bonchev–Trinajstić information content (AvgIpc) is 2.72. The predicted octanol–water partition coefficient (Wildman–Crippen LogP) is 1.75. The van der Waals surface area contributed by atoms with E-state index in [2.05, 4.69) is 17.6 Å². The monoisotopic (exact) mass is 272 g/mol. The maximum Gasteiger partial charge on any atom is 0.420 e. The van der Waals surface area contributed by atoms with Gasteiger partial charge in [-0.1, -0.05) is 0 Å². The highest BCUT2D eigenvalue weighted by atomic mass is 32.1. The molecule has 100 valence electrons. The van der Waals surface area contributed by atoms with Crippen LogP contribution in [0.3, 0.4) is 0 Å². The zero-order valence-corrected chi connectivity index (χ0v) is 11.4. The zero-order chi connectivity index (χ0) is 13.8. The van der Waals surface area contributed by atoms with Gasteiger partial charge in [-0.15, -0.1) is 0 Å². The van der Waals surface area contributed by atoms with Crippen LogP contribution in [0, 0.1) is 0 Å². The molecule has 7 heteroatoms. The molecule has 1 aromatic rings. The molecule has 0 amide bonds. The van der Waals surface area contributed by atoms with Gasteiger partial charge in [0.15, 0.2) is 0 Å². The number of imidazole rings is 1. The summed E-state index contributed by atoms with van der Waals surface area (Å²) in [6.07, 6.45) is 2.02. The quantitative estimate of drug-likeness (QED) is 0.670. The molecule has 1 aromatic heterocycles. The van der Waals surface area contributed by atoms with Gasteiger partial charge in [0.05, 0.1) is 0 Å². The average molecular weight is 272 g/mol. The predicted molar refractivity (Wildman–Crippen MR) is 68.0 cm³/mol. The molecule has 0 saturated carbocycles. The van der Waals surface area contributed by atoms with Gasteiger partial charge in [-0.3, -0.25) is 0 Å². The Morgan fingerprint density at radius 2 is 2.11 bits per heavy atom. The first-order chi connectivity index (χ1) is 8.35. The lowest BCUT2D eigenvalue weighted by atomic mass is 10.2. The molecule has 0 saturated heterocycles. The first kappa shape index (κ1) is 14.6. The van der Waals surface area contributed by atoms with E-state index in [9.17, 15) is 9.59 Å². The van der Waals surface area contributed by atoms with E-state index in [4.69, 9.17) is 9.47 Å². The molecule has 0 N–H and O–H groups in total. The SMILES string of the molecule is CC(C)(C)OC(=O)n1ccnc1C(=O)OCCS. The van der Waals surface area contributed by atoms with Crippen LogP contribution in [0.2, 0.25) is 0 Å². The Kier molecular flexibility index (Phi) is 4.77. The van der Waals surface area contributed by atoms with Gasteiger partial charge in [0.2, 0.25) is 5.82 Å². The second-order valence-corrected chi connectivity index (χ2v) is 4.91. The second-order valence-electron chi connectivity index (χ2n) is 4.46. The zero-order valence-electron chi connectivity index (χ0n) is 10.5. The number of esters is 1. The largest absolute Gasteiger partial charge is 0.459 e. The minimum atomic E-state index is -0.681. The summed E-state index contributed by atoms with van der Waals surface area (Å²) in [6, 6.07) is 0. The third-order valence-electron chi connectivity index (χ3n) is 1.74. The maximum atomic E-state index is 11.8. The fraction of sp³-hybridized carbons (Fsp3) is 0.545. The van der Waals surface area contributed by atoms with E-state index < -0.39 is 17.7 Å². The molecule has 0 radical (unpaired) electrons. The third kappa shape index (κ3) is 4.06. The molecule has 6 nitrogen and oxygen atoms in total. The second kappa shape index (κ2) is 5.90. The molecule has 0 spiro atoms. The van der Waals surface area contributed by atoms with Gasteiger partial charge in [-0.25, -0.2) is 19.1 Å². The van der Waals surface area contributed by atoms with Gasteiger partial charge in [0.25, 0.3) is 0 Å². The summed E-state index contributed by atoms with van der Waals surface area (Å²) in [5, 5.41) is 0. The van der Waals surface area contributed by atoms with Crippen molar-refractivity contribution in [1.82, 2.24) is 9.55 Å². The van der Waals surface area contributed by atoms with Crippen molar-refractivity contribution in [3.63, 3.8) is 0 Å². The van der Waals surface area contributed by atoms with E-state index in [0.717, 1.165) is 4.57 Å². The third-order valence-corrected chi connectivity index (χ3v) is 1.92. The van der Waals surface area contributed by atoms with Gasteiger partial charge in [-0.2, -0.15) is 12.6 Å². The van der Waals surface area contributed by atoms with Crippen LogP contribution >= 0.6 is 12.6 Å². The molecule has 0 aromatic carbocycles. The minimum Gasteiger partial charge on any atom is -0.459 e. The molecular weight excluding hydrogens is 256 g/mol. The highest BCUT2D eigenvalue weighted by molar-refractivity contribution is 7.80. The van der Waals surface area contributed by atoms with Crippen molar-refractivity contribution in [1.29, 1.82) is 0 Å². The van der Waals surface area contributed by atoms with E-state index in [1.165, 1.54) is 12.4 Å². The first-order valence-corrected chi connectivity index (χ1v) is 6.03. The van der Waals surface area contributed by atoms with Crippen LogP contribution < -0.4 is 0 Å². The Labute approximate surface area is 111 Å². The highest BCUT2D eigenvalue weighted by Crippen LogP contribution is 2.10. The van der Waals surface area contributed by atoms with Crippen LogP contribution in [0.5, 0.6) is 0 Å². The molecule has 0 aliphatic heterocycles. The molecule has 0 bridgehead atoms. The number of hydrogen-bond donors (Lipinski definition) is 1. The van der Waals surface area contributed by atoms with Gasteiger partial charge >= 0.3 is 12.1 Å². The van der Waals surface area contributed by atoms with Crippen molar-refractivity contribution in [2.45, 2.75) is 26.4 Å². The fourth-order valence-corrected chi connectivity index (χ4v) is 1.21. The van der Waals surface area contributed by atoms with Crippen molar-refractivity contribution in [3.8, 4) is 0 Å². The summed E-state index contributed by atoms with van der Waals surface area (Å²) in [6.45, 7) is 5.37. The van der Waals surface area contributed by atoms with Crippen molar-refractivity contribution in [2.24, 2.45) is 0 Å². The lowest BCUT2D eigenvalue weighted by molar-refractivity contribution is 0.0445. The van der Waals surface area contributed by atoms with E-state index >= 15 is 0 Å². The Morgan fingerprint density at radius 3 is 2.67 bits per heavy atom. The maximum absolute atomic E-state index is 11.8. The summed E-state index contributed by atoms with van der Waals surface area (Å²) in [4.78, 5) is 27.2. The van der Waals surface area contributed by atoms with Crippen molar-refractivity contribution < 1.29 is 19.1 Å². The number of rotatable bonds is 3. The van der Waals surface area contributed by atoms with Crippen LogP contribution in [0.15, 0.2) is 12.4 Å². The van der Waals surface area contributed by atoms with Crippen LogP contribution in [-0.2, 0) is 9.47 Å². The first-order valence-electron chi connectivity index (χ1n) is 5.40. The molecule has 1 rings (SSSR count). The van der Waals surface area contributed by atoms with Gasteiger partial charge in [0.1, 0.15) is 12.2 Å². The van der Waals surface area contributed by atoms with E-state index in [1.54, 1.807) is 20.8 Å². The topological polar surface area (TPSA) is 70.4 Å². The molecule has 0 aliphatic carbocycles. The van der Waals surface area contributed by atoms with Crippen LogP contribution in [-0.4, -0.2) is 39.6 Å². The number of nitrogens with zero attached hydrogens (tertiary/aromatic N) is 2. The lowest BCUT2D eigenvalue weighted by Gasteiger charge is -2.19. The molecule has 18 heavy (non-hydrogen) atoms. The molecule has 0 unspecified atom stereocenters. The van der Waals surface area contributed by atoms with Crippen molar-refractivity contribution >= 4 is 24.7 Å². The number of ether oxygens (including phenoxy) is 2. The van der Waals surface area contributed by atoms with Crippen LogP contribution in [0.1, 0.15) is 31.4 Å². The van der Waals surface area contributed by atoms with Gasteiger partial charge in [0, 0.05) is 18.1 Å². The summed E-state index contributed by atoms with van der Waals surface area (Å²) in [5.41, 5.74) is -0.645. The standard InChI is InChI=1S/C11H16N2O4S/c1-11(2,3)17-10(15)13-5-4-12-8(13)9(14)16-6-7-18/h4-5,18H,6-7H2,1-3H3. The Morgan fingerprint density at radius 1 is 1.44 bits per heavy atom. The fourth-order valence-electron chi connectivity index (χ4n) is 1.12. The number of aromatic nitrogens is 2. The summed E-state index contributed by atoms with van der Waals surface area (Å²) in [5.74, 6) is -0.384. The van der Waals surface area contributed by atoms with E-state index in [0.29, 0.717) is 5.75 Å². The number of carbonyl (C=O) groups excluding carboxylic acids is 2. The smallest absolute Gasteiger partial charge is 0.420 e. The molecule has 0 aliphatic rings. The summed E-state index contributed by atoms with van der Waals surface area (Å²) < 4.78 is 11.0. The number of thiol groups is 1. The molecule has 0 atom stereocenters. The summed E-state index contributed by atoms with van der Waals surface area (Å²) >= 11 is 3.92. The normalized spacial score (nSPS) is 11.1. The molecule has 1 heterocycles.